The summed E-state index contributed by atoms with van der Waals surface area (Å²) < 4.78 is 0. The molecule has 41 heavy (non-hydrogen) atoms. The number of carbonyl (C=O) groups is 4. The number of carbonyl (C=O) groups excluding carboxylic acids is 4. The van der Waals surface area contributed by atoms with Gasteiger partial charge in [-0.25, -0.2) is 0 Å². The van der Waals surface area contributed by atoms with Gasteiger partial charge in [-0.1, -0.05) is 95.2 Å². The predicted molar refractivity (Wildman–Crippen MR) is 162 cm³/mol. The smallest absolute Gasteiger partial charge is 0.184 e. The highest BCUT2D eigenvalue weighted by Crippen LogP contribution is 2.81. The van der Waals surface area contributed by atoms with Gasteiger partial charge in [0, 0.05) is 5.56 Å². The van der Waals surface area contributed by atoms with Crippen LogP contribution in [0.15, 0.2) is 53.6 Å². The fraction of sp³-hybridized carbons (Fsp3) is 0.622. The molecular formula is C37H48O4. The maximum Gasteiger partial charge on any atom is 0.184 e. The number of rotatable bonds is 8. The van der Waals surface area contributed by atoms with Gasteiger partial charge in [-0.2, -0.15) is 0 Å². The molecule has 0 heterocycles. The minimum Gasteiger partial charge on any atom is -0.297 e. The van der Waals surface area contributed by atoms with E-state index >= 15 is 14.4 Å². The molecule has 6 atom stereocenters. The van der Waals surface area contributed by atoms with Crippen molar-refractivity contribution in [2.45, 2.75) is 94.4 Å². The molecule has 220 valence electrons. The van der Waals surface area contributed by atoms with Gasteiger partial charge in [-0.3, -0.25) is 19.2 Å². The first kappa shape index (κ1) is 29.9. The number of hydrogen-bond donors (Lipinski definition) is 0. The molecule has 1 aromatic rings. The van der Waals surface area contributed by atoms with Crippen LogP contribution in [-0.2, 0) is 14.4 Å². The molecule has 0 aromatic heterocycles. The van der Waals surface area contributed by atoms with Crippen LogP contribution in [0, 0.1) is 50.7 Å². The summed E-state index contributed by atoms with van der Waals surface area (Å²) in [5.74, 6) is -1.28. The first-order valence-corrected chi connectivity index (χ1v) is 15.6. The molecule has 5 aliphatic rings. The van der Waals surface area contributed by atoms with Crippen molar-refractivity contribution in [1.82, 2.24) is 0 Å². The number of hydrogen-bond acceptors (Lipinski definition) is 4. The van der Waals surface area contributed by atoms with Gasteiger partial charge in [-0.15, -0.1) is 0 Å². The van der Waals surface area contributed by atoms with E-state index in [1.165, 1.54) is 5.57 Å². The Hall–Kier alpha value is -2.62. The van der Waals surface area contributed by atoms with Gasteiger partial charge in [0.2, 0.25) is 0 Å². The third-order valence-electron chi connectivity index (χ3n) is 12.1. The van der Waals surface area contributed by atoms with Crippen molar-refractivity contribution in [3.05, 3.63) is 59.2 Å². The summed E-state index contributed by atoms with van der Waals surface area (Å²) in [6.45, 7) is 19.0. The lowest BCUT2D eigenvalue weighted by molar-refractivity contribution is -0.216. The van der Waals surface area contributed by atoms with E-state index in [0.717, 1.165) is 18.4 Å². The van der Waals surface area contributed by atoms with Crippen LogP contribution in [0.4, 0.5) is 0 Å². The second-order valence-electron chi connectivity index (χ2n) is 15.4. The summed E-state index contributed by atoms with van der Waals surface area (Å²) in [7, 11) is 0. The molecular weight excluding hydrogens is 508 g/mol. The quantitative estimate of drug-likeness (QED) is 0.185. The zero-order valence-corrected chi connectivity index (χ0v) is 26.5. The highest BCUT2D eigenvalue weighted by Gasteiger charge is 2.90. The zero-order valence-electron chi connectivity index (χ0n) is 26.5. The topological polar surface area (TPSA) is 68.3 Å². The minimum absolute atomic E-state index is 0.0959. The number of allylic oxidation sites excluding steroid dienone is 4. The van der Waals surface area contributed by atoms with Crippen LogP contribution in [0.25, 0.3) is 0 Å². The maximum absolute atomic E-state index is 15.2. The van der Waals surface area contributed by atoms with Crippen LogP contribution in [0.5, 0.6) is 0 Å². The molecule has 4 heteroatoms. The monoisotopic (exact) mass is 556 g/mol. The largest absolute Gasteiger partial charge is 0.297 e. The molecule has 0 unspecified atom stereocenters. The number of benzene rings is 1. The molecule has 1 aromatic carbocycles. The fourth-order valence-corrected chi connectivity index (χ4v) is 10.3. The Morgan fingerprint density at radius 1 is 0.902 bits per heavy atom. The number of Topliss-reactive ketones (excluding diaryl/α,β-unsaturated/α-hetero) is 4. The SMILES string of the molecule is CC(C)=CCC/C(C)=C/C[C@@]12C[C@H]3[C@@H]4C(C)(C)[C@@H](C(C)C)C[C@]4(C1=O)C(=O)[C@@](C(=O)c1ccccc1)(C2=O)C3(C)C. The van der Waals surface area contributed by atoms with Gasteiger partial charge in [0.1, 0.15) is 0 Å². The van der Waals surface area contributed by atoms with E-state index in [2.05, 4.69) is 60.6 Å². The fourth-order valence-electron chi connectivity index (χ4n) is 10.3. The van der Waals surface area contributed by atoms with Crippen molar-refractivity contribution in [2.24, 2.45) is 50.7 Å². The molecule has 4 nitrogen and oxygen atoms in total. The molecule has 5 fully saturated rings. The van der Waals surface area contributed by atoms with Crippen LogP contribution in [0.1, 0.15) is 105 Å². The van der Waals surface area contributed by atoms with Crippen LogP contribution >= 0.6 is 0 Å². The normalized spacial score (nSPS) is 36.6. The molecule has 5 saturated carbocycles. The highest BCUT2D eigenvalue weighted by molar-refractivity contribution is 6.42. The van der Waals surface area contributed by atoms with E-state index in [1.807, 2.05) is 19.9 Å². The second-order valence-corrected chi connectivity index (χ2v) is 15.4. The molecule has 5 aliphatic carbocycles. The van der Waals surface area contributed by atoms with E-state index < -0.39 is 39.0 Å². The van der Waals surface area contributed by atoms with Gasteiger partial charge in [0.05, 0.1) is 10.8 Å². The van der Waals surface area contributed by atoms with E-state index in [0.29, 0.717) is 18.4 Å². The van der Waals surface area contributed by atoms with Crippen molar-refractivity contribution in [1.29, 1.82) is 0 Å². The Labute approximate surface area is 246 Å². The van der Waals surface area contributed by atoms with Crippen LogP contribution in [-0.4, -0.2) is 23.1 Å². The van der Waals surface area contributed by atoms with Crippen molar-refractivity contribution >= 4 is 23.1 Å². The molecule has 0 saturated heterocycles. The van der Waals surface area contributed by atoms with Crippen LogP contribution in [0.2, 0.25) is 0 Å². The van der Waals surface area contributed by atoms with Crippen molar-refractivity contribution < 1.29 is 19.2 Å². The van der Waals surface area contributed by atoms with E-state index in [4.69, 9.17) is 0 Å². The average Bonchev–Trinajstić information content (AvgIpc) is 3.16. The van der Waals surface area contributed by atoms with Gasteiger partial charge in [0.25, 0.3) is 0 Å². The highest BCUT2D eigenvalue weighted by atomic mass is 16.2. The summed E-state index contributed by atoms with van der Waals surface area (Å²) in [5, 5.41) is 0. The molecule has 0 aliphatic heterocycles. The first-order valence-electron chi connectivity index (χ1n) is 15.6. The third kappa shape index (κ3) is 3.58. The lowest BCUT2D eigenvalue weighted by Crippen LogP contribution is -2.83. The Morgan fingerprint density at radius 3 is 2.12 bits per heavy atom. The van der Waals surface area contributed by atoms with E-state index in [1.54, 1.807) is 24.3 Å². The maximum atomic E-state index is 15.2. The standard InChI is InChI=1S/C37H48O4/c1-22(2)14-13-15-24(5)18-19-35-20-27-28-33(6,7)26(23(3)4)21-36(28,30(35)39)32(41)37(31(35)40,34(27,8)9)29(38)25-16-11-10-12-17-25/h10-12,14,16-18,23,26-28H,13,15,19-21H2,1-9H3/b24-18+/t26-,27+,28-,35-,36+,37-/m1/s1. The van der Waals surface area contributed by atoms with Crippen LogP contribution in [0.3, 0.4) is 0 Å². The summed E-state index contributed by atoms with van der Waals surface area (Å²) >= 11 is 0. The predicted octanol–water partition coefficient (Wildman–Crippen LogP) is 8.01. The van der Waals surface area contributed by atoms with Gasteiger partial charge in [0.15, 0.2) is 28.5 Å². The summed E-state index contributed by atoms with van der Waals surface area (Å²) in [6.07, 6.45) is 7.15. The Kier molecular flexibility index (Phi) is 6.88. The van der Waals surface area contributed by atoms with Gasteiger partial charge < -0.3 is 0 Å². The number of ketones is 4. The molecule has 1 spiro atoms. The van der Waals surface area contributed by atoms with E-state index in [9.17, 15) is 4.79 Å². The average molecular weight is 557 g/mol. The van der Waals surface area contributed by atoms with Crippen LogP contribution < -0.4 is 0 Å². The van der Waals surface area contributed by atoms with Gasteiger partial charge in [-0.05, 0) is 87.4 Å². The minimum atomic E-state index is -1.85. The lowest BCUT2D eigenvalue weighted by atomic mass is 9.27. The van der Waals surface area contributed by atoms with Crippen molar-refractivity contribution in [2.75, 3.05) is 0 Å². The molecule has 4 bridgehead atoms. The zero-order chi connectivity index (χ0) is 30.3. The van der Waals surface area contributed by atoms with Crippen molar-refractivity contribution in [3.8, 4) is 0 Å². The van der Waals surface area contributed by atoms with Gasteiger partial charge >= 0.3 is 0 Å². The van der Waals surface area contributed by atoms with Crippen molar-refractivity contribution in [3.63, 3.8) is 0 Å². The molecule has 0 radical (unpaired) electrons. The summed E-state index contributed by atoms with van der Waals surface area (Å²) in [6, 6.07) is 8.82. The van der Waals surface area contributed by atoms with E-state index in [-0.39, 0.29) is 41.3 Å². The Morgan fingerprint density at radius 2 is 1.54 bits per heavy atom. The lowest BCUT2D eigenvalue weighted by Gasteiger charge is -2.71. The first-order chi connectivity index (χ1) is 19.0. The Balaban J connectivity index is 1.74. The third-order valence-corrected chi connectivity index (χ3v) is 12.1. The summed E-state index contributed by atoms with van der Waals surface area (Å²) in [5.41, 5.74) is -2.88. The molecule has 0 amide bonds. The molecule has 0 N–H and O–H groups in total. The second kappa shape index (κ2) is 9.44. The summed E-state index contributed by atoms with van der Waals surface area (Å²) in [4.78, 5) is 60.0. The molecule has 6 rings (SSSR count). The Bertz CT molecular complexity index is 1370.